The molecule has 0 aliphatic heterocycles. The Morgan fingerprint density at radius 2 is 1.00 bits per heavy atom. The summed E-state index contributed by atoms with van der Waals surface area (Å²) in [7, 11) is 0. The van der Waals surface area contributed by atoms with Crippen LogP contribution in [0.4, 0.5) is 17.1 Å². The average molecular weight is 665 g/mol. The first-order valence-corrected chi connectivity index (χ1v) is 17.6. The maximum absolute atomic E-state index is 6.56. The molecule has 1 heterocycles. The van der Waals surface area contributed by atoms with Crippen LogP contribution < -0.4 is 4.90 Å². The minimum atomic E-state index is 0.630. The Bertz CT molecular complexity index is 2890. The van der Waals surface area contributed by atoms with Gasteiger partial charge in [0.1, 0.15) is 5.52 Å². The van der Waals surface area contributed by atoms with E-state index in [4.69, 9.17) is 9.40 Å². The quantitative estimate of drug-likeness (QED) is 0.166. The number of nitrogens with zero attached hydrogens (tertiary/aromatic N) is 2. The maximum atomic E-state index is 6.56. The molecule has 0 aliphatic carbocycles. The summed E-state index contributed by atoms with van der Waals surface area (Å²) >= 11 is 0. The van der Waals surface area contributed by atoms with Crippen molar-refractivity contribution in [2.75, 3.05) is 4.90 Å². The molecule has 0 fully saturated rings. The SMILES string of the molecule is c1ccc(-c2ccc(N(c3ccc4ccccc4c3)c3ccccc3-c3ccc4ccc5ccc6nc(-c7ccccc7)oc6c5c4c3)cc2)cc1. The molecule has 0 saturated heterocycles. The molecule has 0 unspecified atom stereocenters. The van der Waals surface area contributed by atoms with E-state index in [2.05, 4.69) is 169 Å². The van der Waals surface area contributed by atoms with Crippen LogP contribution in [0.2, 0.25) is 0 Å². The molecule has 244 valence electrons. The highest BCUT2D eigenvalue weighted by Crippen LogP contribution is 2.43. The highest BCUT2D eigenvalue weighted by molar-refractivity contribution is 6.18. The zero-order valence-corrected chi connectivity index (χ0v) is 28.3. The van der Waals surface area contributed by atoms with Gasteiger partial charge in [-0.25, -0.2) is 4.98 Å². The summed E-state index contributed by atoms with van der Waals surface area (Å²) in [5.41, 5.74) is 10.6. The standard InChI is InChI=1S/C49H32N2O/c1-3-11-33(12-4-1)35-23-27-41(28-24-35)51(42-29-25-34-13-7-8-16-39(34)31-42)46-18-10-9-17-43(46)40-22-20-36-19-21-37-26-30-45-48(47(37)44(36)32-40)52-49(50-45)38-14-5-2-6-15-38/h1-32H. The van der Waals surface area contributed by atoms with E-state index in [1.807, 2.05) is 30.3 Å². The molecular formula is C49H32N2O. The van der Waals surface area contributed by atoms with Gasteiger partial charge in [0.15, 0.2) is 5.58 Å². The van der Waals surface area contributed by atoms with E-state index in [9.17, 15) is 0 Å². The first-order valence-electron chi connectivity index (χ1n) is 17.6. The van der Waals surface area contributed by atoms with Gasteiger partial charge in [-0.05, 0) is 98.2 Å². The van der Waals surface area contributed by atoms with E-state index in [0.717, 1.165) is 66.4 Å². The van der Waals surface area contributed by atoms with Crippen LogP contribution in [0.15, 0.2) is 199 Å². The van der Waals surface area contributed by atoms with E-state index >= 15 is 0 Å². The first kappa shape index (κ1) is 29.9. The van der Waals surface area contributed by atoms with Crippen LogP contribution in [0, 0.1) is 0 Å². The summed E-state index contributed by atoms with van der Waals surface area (Å²) in [6.07, 6.45) is 0. The van der Waals surface area contributed by atoms with Crippen molar-refractivity contribution in [3.8, 4) is 33.7 Å². The lowest BCUT2D eigenvalue weighted by Gasteiger charge is -2.28. The maximum Gasteiger partial charge on any atom is 0.227 e. The van der Waals surface area contributed by atoms with Gasteiger partial charge in [0.2, 0.25) is 5.89 Å². The summed E-state index contributed by atoms with van der Waals surface area (Å²) in [6.45, 7) is 0. The fourth-order valence-electron chi connectivity index (χ4n) is 7.48. The lowest BCUT2D eigenvalue weighted by molar-refractivity contribution is 0.623. The predicted octanol–water partition coefficient (Wildman–Crippen LogP) is 13.8. The monoisotopic (exact) mass is 664 g/mol. The number of aromatic nitrogens is 1. The molecule has 0 saturated carbocycles. The Morgan fingerprint density at radius 3 is 1.83 bits per heavy atom. The summed E-state index contributed by atoms with van der Waals surface area (Å²) in [5.74, 6) is 0.630. The van der Waals surface area contributed by atoms with Crippen LogP contribution in [-0.2, 0) is 0 Å². The topological polar surface area (TPSA) is 29.3 Å². The van der Waals surface area contributed by atoms with Gasteiger partial charge < -0.3 is 9.32 Å². The molecule has 10 aromatic rings. The van der Waals surface area contributed by atoms with Gasteiger partial charge in [-0.2, -0.15) is 0 Å². The van der Waals surface area contributed by atoms with Crippen molar-refractivity contribution in [2.45, 2.75) is 0 Å². The number of fused-ring (bicyclic) bond motifs is 6. The van der Waals surface area contributed by atoms with Crippen LogP contribution in [0.3, 0.4) is 0 Å². The Kier molecular flexibility index (Phi) is 7.14. The van der Waals surface area contributed by atoms with Gasteiger partial charge in [-0.3, -0.25) is 0 Å². The summed E-state index contributed by atoms with van der Waals surface area (Å²) in [6, 6.07) is 68.9. The number of hydrogen-bond acceptors (Lipinski definition) is 3. The lowest BCUT2D eigenvalue weighted by atomic mass is 9.95. The smallest absolute Gasteiger partial charge is 0.227 e. The molecule has 9 aromatic carbocycles. The molecule has 1 aromatic heterocycles. The molecule has 3 nitrogen and oxygen atoms in total. The lowest BCUT2D eigenvalue weighted by Crippen LogP contribution is -2.11. The van der Waals surface area contributed by atoms with Crippen molar-refractivity contribution in [1.82, 2.24) is 4.98 Å². The second-order valence-corrected chi connectivity index (χ2v) is 13.2. The fraction of sp³-hybridized carbons (Fsp3) is 0. The zero-order valence-electron chi connectivity index (χ0n) is 28.3. The van der Waals surface area contributed by atoms with Crippen LogP contribution in [-0.4, -0.2) is 4.98 Å². The number of anilines is 3. The van der Waals surface area contributed by atoms with Gasteiger partial charge >= 0.3 is 0 Å². The third-order valence-electron chi connectivity index (χ3n) is 10.1. The van der Waals surface area contributed by atoms with Crippen molar-refractivity contribution in [2.24, 2.45) is 0 Å². The van der Waals surface area contributed by atoms with E-state index in [0.29, 0.717) is 5.89 Å². The predicted molar refractivity (Wildman–Crippen MR) is 218 cm³/mol. The normalized spacial score (nSPS) is 11.5. The number of hydrogen-bond donors (Lipinski definition) is 0. The molecule has 0 spiro atoms. The first-order chi connectivity index (χ1) is 25.8. The van der Waals surface area contributed by atoms with Crippen LogP contribution >= 0.6 is 0 Å². The molecule has 0 atom stereocenters. The van der Waals surface area contributed by atoms with Gasteiger partial charge in [0.05, 0.1) is 5.69 Å². The van der Waals surface area contributed by atoms with E-state index in [1.165, 1.54) is 21.9 Å². The highest BCUT2D eigenvalue weighted by Gasteiger charge is 2.19. The zero-order chi connectivity index (χ0) is 34.4. The molecule has 0 amide bonds. The minimum absolute atomic E-state index is 0.630. The van der Waals surface area contributed by atoms with Crippen LogP contribution in [0.25, 0.3) is 77.1 Å². The van der Waals surface area contributed by atoms with Gasteiger partial charge in [-0.15, -0.1) is 0 Å². The van der Waals surface area contributed by atoms with Crippen molar-refractivity contribution in [3.63, 3.8) is 0 Å². The molecule has 0 aliphatic rings. The van der Waals surface area contributed by atoms with Gasteiger partial charge in [-0.1, -0.05) is 140 Å². The van der Waals surface area contributed by atoms with E-state index in [1.54, 1.807) is 0 Å². The third kappa shape index (κ3) is 5.19. The largest absolute Gasteiger partial charge is 0.435 e. The number of benzene rings is 9. The molecule has 3 heteroatoms. The molecule has 0 radical (unpaired) electrons. The molecular weight excluding hydrogens is 633 g/mol. The Balaban J connectivity index is 1.16. The molecule has 0 N–H and O–H groups in total. The molecule has 52 heavy (non-hydrogen) atoms. The van der Waals surface area contributed by atoms with E-state index in [-0.39, 0.29) is 0 Å². The number of oxazole rings is 1. The van der Waals surface area contributed by atoms with Crippen molar-refractivity contribution in [1.29, 1.82) is 0 Å². The van der Waals surface area contributed by atoms with Crippen LogP contribution in [0.5, 0.6) is 0 Å². The summed E-state index contributed by atoms with van der Waals surface area (Å²) in [5, 5.41) is 6.91. The second kappa shape index (κ2) is 12.4. The van der Waals surface area contributed by atoms with Crippen molar-refractivity contribution >= 4 is 60.5 Å². The van der Waals surface area contributed by atoms with Crippen molar-refractivity contribution in [3.05, 3.63) is 194 Å². The Morgan fingerprint density at radius 1 is 0.404 bits per heavy atom. The average Bonchev–Trinajstić information content (AvgIpc) is 3.67. The molecule has 10 rings (SSSR count). The third-order valence-corrected chi connectivity index (χ3v) is 10.1. The van der Waals surface area contributed by atoms with E-state index < -0.39 is 0 Å². The minimum Gasteiger partial charge on any atom is -0.435 e. The number of para-hydroxylation sites is 1. The molecule has 0 bridgehead atoms. The van der Waals surface area contributed by atoms with Gasteiger partial charge in [0.25, 0.3) is 0 Å². The van der Waals surface area contributed by atoms with Crippen LogP contribution in [0.1, 0.15) is 0 Å². The Hall–Kier alpha value is -6.97. The van der Waals surface area contributed by atoms with Crippen molar-refractivity contribution < 1.29 is 4.42 Å². The fourth-order valence-corrected chi connectivity index (χ4v) is 7.48. The van der Waals surface area contributed by atoms with Gasteiger partial charge in [0, 0.05) is 27.9 Å². The second-order valence-electron chi connectivity index (χ2n) is 13.2. The highest BCUT2D eigenvalue weighted by atomic mass is 16.3. The summed E-state index contributed by atoms with van der Waals surface area (Å²) in [4.78, 5) is 7.28. The Labute approximate surface area is 301 Å². The number of rotatable bonds is 6. The summed E-state index contributed by atoms with van der Waals surface area (Å²) < 4.78 is 6.56.